The van der Waals surface area contributed by atoms with Crippen molar-refractivity contribution >= 4 is 11.9 Å². The molecule has 0 saturated carbocycles. The van der Waals surface area contributed by atoms with Crippen molar-refractivity contribution in [3.05, 3.63) is 0 Å². The monoisotopic (exact) mass is 863 g/mol. The minimum absolute atomic E-state index is 0.153. The van der Waals surface area contributed by atoms with E-state index in [0.29, 0.717) is 19.4 Å². The largest absolute Gasteiger partial charge is 0.463 e. The summed E-state index contributed by atoms with van der Waals surface area (Å²) in [6, 6.07) is 0. The number of esters is 2. The molecule has 1 atom stereocenters. The van der Waals surface area contributed by atoms with Gasteiger partial charge >= 0.3 is 11.9 Å². The fourth-order valence-electron chi connectivity index (χ4n) is 8.67. The Kier molecular flexibility index (Phi) is 52.3. The van der Waals surface area contributed by atoms with E-state index >= 15 is 0 Å². The van der Waals surface area contributed by atoms with Crippen LogP contribution in [0.3, 0.4) is 0 Å². The molecule has 0 saturated heterocycles. The highest BCUT2D eigenvalue weighted by Crippen LogP contribution is 2.17. The first kappa shape index (κ1) is 59.9. The van der Waals surface area contributed by atoms with E-state index in [1.165, 1.54) is 250 Å². The van der Waals surface area contributed by atoms with Crippen molar-refractivity contribution in [1.82, 2.24) is 0 Å². The molecule has 0 N–H and O–H groups in total. The van der Waals surface area contributed by atoms with Crippen LogP contribution in [0.5, 0.6) is 0 Å². The highest BCUT2D eigenvalue weighted by Gasteiger charge is 2.16. The molecule has 5 heteroatoms. The average Bonchev–Trinajstić information content (AvgIpc) is 3.26. The minimum Gasteiger partial charge on any atom is -0.463 e. The summed E-state index contributed by atoms with van der Waals surface area (Å²) in [6.45, 7) is 7.81. The predicted molar refractivity (Wildman–Crippen MR) is 266 cm³/mol. The lowest BCUT2D eigenvalue weighted by atomic mass is 10.0. The van der Waals surface area contributed by atoms with Gasteiger partial charge in [0.05, 0.1) is 0 Å². The molecule has 0 aromatic carbocycles. The summed E-state index contributed by atoms with van der Waals surface area (Å²) in [5.41, 5.74) is 0. The van der Waals surface area contributed by atoms with Crippen LogP contribution < -0.4 is 0 Å². The lowest BCUT2D eigenvalue weighted by Crippen LogP contribution is -2.29. The van der Waals surface area contributed by atoms with Crippen molar-refractivity contribution in [2.75, 3.05) is 19.8 Å². The number of rotatable bonds is 53. The molecule has 0 aliphatic heterocycles. The maximum Gasteiger partial charge on any atom is 0.305 e. The van der Waals surface area contributed by atoms with Crippen LogP contribution in [0.1, 0.15) is 323 Å². The van der Waals surface area contributed by atoms with Crippen molar-refractivity contribution in [1.29, 1.82) is 0 Å². The Bertz CT molecular complexity index is 845. The van der Waals surface area contributed by atoms with Crippen LogP contribution in [-0.4, -0.2) is 37.9 Å². The van der Waals surface area contributed by atoms with Gasteiger partial charge in [-0.3, -0.25) is 9.59 Å². The van der Waals surface area contributed by atoms with E-state index in [1.807, 2.05) is 0 Å². The van der Waals surface area contributed by atoms with Gasteiger partial charge in [-0.05, 0) is 19.3 Å². The van der Waals surface area contributed by atoms with Crippen LogP contribution >= 0.6 is 0 Å². The van der Waals surface area contributed by atoms with Crippen LogP contribution in [0.2, 0.25) is 0 Å². The second kappa shape index (κ2) is 53.2. The van der Waals surface area contributed by atoms with Crippen LogP contribution in [-0.2, 0) is 23.8 Å². The molecule has 61 heavy (non-hydrogen) atoms. The molecule has 0 amide bonds. The van der Waals surface area contributed by atoms with Crippen molar-refractivity contribution in [2.45, 2.75) is 329 Å². The molecule has 0 bridgehead atoms. The Morgan fingerprint density at radius 2 is 0.475 bits per heavy atom. The Hall–Kier alpha value is -1.10. The molecule has 0 rings (SSSR count). The van der Waals surface area contributed by atoms with E-state index < -0.39 is 0 Å². The molecule has 0 heterocycles. The molecule has 0 aliphatic carbocycles. The quantitative estimate of drug-likeness (QED) is 0.0450. The van der Waals surface area contributed by atoms with E-state index in [1.54, 1.807) is 0 Å². The lowest BCUT2D eigenvalue weighted by Gasteiger charge is -2.18. The van der Waals surface area contributed by atoms with Gasteiger partial charge in [0, 0.05) is 19.4 Å². The number of hydrogen-bond donors (Lipinski definition) is 0. The first-order valence-corrected chi connectivity index (χ1v) is 28.1. The number of carbonyl (C=O) groups is 2. The van der Waals surface area contributed by atoms with Crippen molar-refractivity contribution in [3.63, 3.8) is 0 Å². The van der Waals surface area contributed by atoms with Gasteiger partial charge in [0.1, 0.15) is 19.3 Å². The fraction of sp³-hybridized carbons (Fsp3) is 0.964. The molecule has 5 nitrogen and oxygen atoms in total. The highest BCUT2D eigenvalue weighted by molar-refractivity contribution is 5.69. The number of ether oxygens (including phenoxy) is 3. The van der Waals surface area contributed by atoms with Gasteiger partial charge < -0.3 is 14.2 Å². The maximum absolute atomic E-state index is 12.6. The van der Waals surface area contributed by atoms with E-state index in [9.17, 15) is 9.59 Å². The Morgan fingerprint density at radius 1 is 0.279 bits per heavy atom. The van der Waals surface area contributed by atoms with Gasteiger partial charge in [0.2, 0.25) is 0 Å². The maximum atomic E-state index is 12.6. The van der Waals surface area contributed by atoms with Gasteiger partial charge in [0.15, 0.2) is 0 Å². The Morgan fingerprint density at radius 3 is 0.705 bits per heavy atom. The first-order valence-electron chi connectivity index (χ1n) is 28.1. The summed E-state index contributed by atoms with van der Waals surface area (Å²) >= 11 is 0. The normalized spacial score (nSPS) is 12.0. The SMILES string of the molecule is CCCCCCCCCCCCCCCCCCCC(=O)OC[C@H](COC(=O)CCCCCCCCCCCCCC)OCCCCCCCCCCCCCCCCCC. The van der Waals surface area contributed by atoms with Gasteiger partial charge in [0.25, 0.3) is 0 Å². The van der Waals surface area contributed by atoms with Crippen molar-refractivity contribution in [3.8, 4) is 0 Å². The summed E-state index contributed by atoms with van der Waals surface area (Å²) in [5.74, 6) is -0.308. The molecular weight excluding hydrogens is 753 g/mol. The summed E-state index contributed by atoms with van der Waals surface area (Å²) in [4.78, 5) is 25.2. The van der Waals surface area contributed by atoms with Crippen LogP contribution in [0.15, 0.2) is 0 Å². The summed E-state index contributed by atoms with van der Waals surface area (Å²) in [6.07, 6.45) is 59.9. The Balaban J connectivity index is 4.16. The van der Waals surface area contributed by atoms with Crippen LogP contribution in [0.4, 0.5) is 0 Å². The molecule has 0 aliphatic rings. The zero-order valence-electron chi connectivity index (χ0n) is 42.0. The smallest absolute Gasteiger partial charge is 0.305 e. The lowest BCUT2D eigenvalue weighted by molar-refractivity contribution is -0.155. The fourth-order valence-corrected chi connectivity index (χ4v) is 8.67. The van der Waals surface area contributed by atoms with Crippen LogP contribution in [0.25, 0.3) is 0 Å². The predicted octanol–water partition coefficient (Wildman–Crippen LogP) is 18.9. The van der Waals surface area contributed by atoms with E-state index in [-0.39, 0.29) is 31.3 Å². The molecule has 0 aromatic rings. The second-order valence-corrected chi connectivity index (χ2v) is 19.2. The van der Waals surface area contributed by atoms with Gasteiger partial charge in [-0.25, -0.2) is 0 Å². The van der Waals surface area contributed by atoms with Crippen molar-refractivity contribution < 1.29 is 23.8 Å². The molecule has 0 unspecified atom stereocenters. The van der Waals surface area contributed by atoms with Gasteiger partial charge in [-0.1, -0.05) is 290 Å². The molecule has 364 valence electrons. The summed E-state index contributed by atoms with van der Waals surface area (Å²) in [5, 5.41) is 0. The Labute approximate surface area is 382 Å². The molecule has 0 spiro atoms. The zero-order chi connectivity index (χ0) is 44.2. The topological polar surface area (TPSA) is 61.8 Å². The number of hydrogen-bond acceptors (Lipinski definition) is 5. The summed E-state index contributed by atoms with van der Waals surface area (Å²) < 4.78 is 17.5. The first-order chi connectivity index (χ1) is 30.1. The molecule has 0 aromatic heterocycles. The van der Waals surface area contributed by atoms with Crippen LogP contribution in [0, 0.1) is 0 Å². The van der Waals surface area contributed by atoms with E-state index in [4.69, 9.17) is 14.2 Å². The minimum atomic E-state index is -0.387. The molecule has 0 fully saturated rings. The average molecular weight is 863 g/mol. The van der Waals surface area contributed by atoms with Crippen molar-refractivity contribution in [2.24, 2.45) is 0 Å². The second-order valence-electron chi connectivity index (χ2n) is 19.2. The van der Waals surface area contributed by atoms with Gasteiger partial charge in [-0.2, -0.15) is 0 Å². The summed E-state index contributed by atoms with van der Waals surface area (Å²) in [7, 11) is 0. The molecule has 0 radical (unpaired) electrons. The number of carbonyl (C=O) groups excluding carboxylic acids is 2. The third-order valence-corrected chi connectivity index (χ3v) is 12.9. The number of unbranched alkanes of at least 4 members (excludes halogenated alkanes) is 42. The van der Waals surface area contributed by atoms with E-state index in [0.717, 1.165) is 38.5 Å². The third-order valence-electron chi connectivity index (χ3n) is 12.9. The standard InChI is InChI=1S/C56H110O5/c1-4-7-10-13-16-19-22-25-27-29-30-32-35-38-41-44-47-50-56(58)61-53-54(52-60-55(57)49-46-43-40-37-34-24-21-18-15-12-9-6-3)59-51-48-45-42-39-36-33-31-28-26-23-20-17-14-11-8-5-2/h54H,4-53H2,1-3H3/t54-/m0/s1. The highest BCUT2D eigenvalue weighted by atomic mass is 16.6. The van der Waals surface area contributed by atoms with Gasteiger partial charge in [-0.15, -0.1) is 0 Å². The third kappa shape index (κ3) is 51.4. The van der Waals surface area contributed by atoms with E-state index in [2.05, 4.69) is 20.8 Å². The zero-order valence-corrected chi connectivity index (χ0v) is 42.0. The molecular formula is C56H110O5.